The number of carbonyl (C=O) groups is 1. The maximum atomic E-state index is 12.2. The van der Waals surface area contributed by atoms with E-state index in [1.165, 1.54) is 24.6 Å². The van der Waals surface area contributed by atoms with Gasteiger partial charge in [-0.2, -0.15) is 0 Å². The second-order valence-electron chi connectivity index (χ2n) is 6.60. The predicted molar refractivity (Wildman–Crippen MR) is 93.4 cm³/mol. The molecule has 22 heavy (non-hydrogen) atoms. The number of benzene rings is 1. The van der Waals surface area contributed by atoms with Gasteiger partial charge >= 0.3 is 5.97 Å². The summed E-state index contributed by atoms with van der Waals surface area (Å²) in [5, 5.41) is 0.711. The lowest BCUT2D eigenvalue weighted by Gasteiger charge is -2.36. The van der Waals surface area contributed by atoms with Crippen LogP contribution in [0.4, 0.5) is 0 Å². The Hall–Kier alpha value is -0.670. The summed E-state index contributed by atoms with van der Waals surface area (Å²) in [5.41, 5.74) is 0. The molecular formula is C18H25ClO2S. The fraction of sp³-hybridized carbons (Fsp3) is 0.611. The van der Waals surface area contributed by atoms with Crippen molar-refractivity contribution in [2.24, 2.45) is 17.8 Å². The lowest BCUT2D eigenvalue weighted by Crippen LogP contribution is -2.36. The first-order valence-electron chi connectivity index (χ1n) is 8.03. The lowest BCUT2D eigenvalue weighted by atomic mass is 9.75. The Morgan fingerprint density at radius 1 is 1.32 bits per heavy atom. The lowest BCUT2D eigenvalue weighted by molar-refractivity contribution is -0.152. The van der Waals surface area contributed by atoms with Gasteiger partial charge in [0.05, 0.1) is 5.75 Å². The third-order valence-corrected chi connectivity index (χ3v) is 5.65. The van der Waals surface area contributed by atoms with Crippen molar-refractivity contribution in [1.29, 1.82) is 0 Å². The Balaban J connectivity index is 1.85. The second kappa shape index (κ2) is 8.26. The summed E-state index contributed by atoms with van der Waals surface area (Å²) < 4.78 is 5.80. The van der Waals surface area contributed by atoms with Crippen LogP contribution in [0.15, 0.2) is 29.2 Å². The monoisotopic (exact) mass is 340 g/mol. The fourth-order valence-corrected chi connectivity index (χ4v) is 3.93. The highest BCUT2D eigenvalue weighted by Gasteiger charge is 2.33. The molecule has 3 atom stereocenters. The standard InChI is InChI=1S/C18H25ClO2S/c1-12(2)16-9-4-13(3)10-17(16)21-18(20)11-22-15-7-5-14(19)6-8-15/h5-8,12-13,16-17H,4,9-11H2,1-3H3/t13-,16-,17-/m1/s1. The highest BCUT2D eigenvalue weighted by Crippen LogP contribution is 2.35. The molecule has 1 aromatic carbocycles. The minimum absolute atomic E-state index is 0.0852. The molecule has 1 aromatic rings. The molecule has 0 aromatic heterocycles. The van der Waals surface area contributed by atoms with Crippen LogP contribution in [-0.4, -0.2) is 17.8 Å². The van der Waals surface area contributed by atoms with Gasteiger partial charge in [-0.15, -0.1) is 11.8 Å². The van der Waals surface area contributed by atoms with Gasteiger partial charge in [-0.05, 0) is 54.9 Å². The Labute approximate surface area is 143 Å². The summed E-state index contributed by atoms with van der Waals surface area (Å²) in [6.45, 7) is 6.70. The van der Waals surface area contributed by atoms with E-state index in [-0.39, 0.29) is 12.1 Å². The minimum atomic E-state index is -0.107. The van der Waals surface area contributed by atoms with E-state index in [1.807, 2.05) is 24.3 Å². The largest absolute Gasteiger partial charge is 0.461 e. The topological polar surface area (TPSA) is 26.3 Å². The molecule has 0 amide bonds. The van der Waals surface area contributed by atoms with Crippen LogP contribution in [0, 0.1) is 17.8 Å². The molecule has 1 fully saturated rings. The van der Waals surface area contributed by atoms with Crippen molar-refractivity contribution in [3.05, 3.63) is 29.3 Å². The van der Waals surface area contributed by atoms with Crippen molar-refractivity contribution in [2.75, 3.05) is 5.75 Å². The maximum Gasteiger partial charge on any atom is 0.316 e. The minimum Gasteiger partial charge on any atom is -0.461 e. The Kier molecular flexibility index (Phi) is 6.64. The maximum absolute atomic E-state index is 12.2. The van der Waals surface area contributed by atoms with Gasteiger partial charge in [0.25, 0.3) is 0 Å². The first-order valence-corrected chi connectivity index (χ1v) is 9.40. The van der Waals surface area contributed by atoms with Gasteiger partial charge in [-0.3, -0.25) is 4.79 Å². The Morgan fingerprint density at radius 3 is 2.64 bits per heavy atom. The second-order valence-corrected chi connectivity index (χ2v) is 8.08. The first kappa shape index (κ1) is 17.7. The van der Waals surface area contributed by atoms with Crippen LogP contribution >= 0.6 is 23.4 Å². The average molecular weight is 341 g/mol. The van der Waals surface area contributed by atoms with Crippen molar-refractivity contribution >= 4 is 29.3 Å². The van der Waals surface area contributed by atoms with Gasteiger partial charge in [0.15, 0.2) is 0 Å². The molecule has 0 aliphatic heterocycles. The highest BCUT2D eigenvalue weighted by atomic mass is 35.5. The van der Waals surface area contributed by atoms with Crippen molar-refractivity contribution in [3.8, 4) is 0 Å². The summed E-state index contributed by atoms with van der Waals surface area (Å²) >= 11 is 7.36. The molecule has 0 unspecified atom stereocenters. The molecule has 122 valence electrons. The molecule has 2 rings (SSSR count). The smallest absolute Gasteiger partial charge is 0.316 e. The van der Waals surface area contributed by atoms with E-state index in [2.05, 4.69) is 20.8 Å². The van der Waals surface area contributed by atoms with E-state index in [0.29, 0.717) is 28.5 Å². The van der Waals surface area contributed by atoms with Crippen molar-refractivity contribution in [3.63, 3.8) is 0 Å². The van der Waals surface area contributed by atoms with Crippen molar-refractivity contribution in [2.45, 2.75) is 51.0 Å². The molecule has 1 aliphatic carbocycles. The predicted octanol–water partition coefficient (Wildman–Crippen LogP) is 5.44. The van der Waals surface area contributed by atoms with E-state index in [9.17, 15) is 4.79 Å². The van der Waals surface area contributed by atoms with E-state index < -0.39 is 0 Å². The quantitative estimate of drug-likeness (QED) is 0.527. The number of ether oxygens (including phenoxy) is 1. The van der Waals surface area contributed by atoms with Gasteiger partial charge in [0, 0.05) is 9.92 Å². The molecular weight excluding hydrogens is 316 g/mol. The van der Waals surface area contributed by atoms with E-state index in [1.54, 1.807) is 0 Å². The number of hydrogen-bond acceptors (Lipinski definition) is 3. The molecule has 2 nitrogen and oxygen atoms in total. The zero-order valence-electron chi connectivity index (χ0n) is 13.5. The first-order chi connectivity index (χ1) is 10.5. The SMILES string of the molecule is CC(C)[C@H]1CC[C@@H](C)C[C@H]1OC(=O)CSc1ccc(Cl)cc1. The van der Waals surface area contributed by atoms with Crippen LogP contribution in [0.1, 0.15) is 40.0 Å². The number of esters is 1. The number of carbonyl (C=O) groups excluding carboxylic acids is 1. The molecule has 1 saturated carbocycles. The zero-order chi connectivity index (χ0) is 16.1. The zero-order valence-corrected chi connectivity index (χ0v) is 15.1. The highest BCUT2D eigenvalue weighted by molar-refractivity contribution is 8.00. The Bertz CT molecular complexity index is 486. The van der Waals surface area contributed by atoms with Gasteiger partial charge in [-0.1, -0.05) is 38.8 Å². The molecule has 0 N–H and O–H groups in total. The summed E-state index contributed by atoms with van der Waals surface area (Å²) in [4.78, 5) is 13.2. The van der Waals surface area contributed by atoms with Crippen LogP contribution in [-0.2, 0) is 9.53 Å². The van der Waals surface area contributed by atoms with E-state index in [4.69, 9.17) is 16.3 Å². The van der Waals surface area contributed by atoms with Gasteiger partial charge in [0.1, 0.15) is 6.10 Å². The molecule has 0 radical (unpaired) electrons. The number of rotatable bonds is 5. The van der Waals surface area contributed by atoms with Gasteiger partial charge in [0.2, 0.25) is 0 Å². The fourth-order valence-electron chi connectivity index (χ4n) is 3.13. The molecule has 4 heteroatoms. The third-order valence-electron chi connectivity index (χ3n) is 4.41. The summed E-state index contributed by atoms with van der Waals surface area (Å²) in [7, 11) is 0. The molecule has 1 aliphatic rings. The van der Waals surface area contributed by atoms with Gasteiger partial charge in [-0.25, -0.2) is 0 Å². The van der Waals surface area contributed by atoms with Crippen LogP contribution in [0.2, 0.25) is 5.02 Å². The van der Waals surface area contributed by atoms with E-state index >= 15 is 0 Å². The molecule has 0 spiro atoms. The van der Waals surface area contributed by atoms with Crippen LogP contribution in [0.3, 0.4) is 0 Å². The summed E-state index contributed by atoms with van der Waals surface area (Å²) in [6, 6.07) is 7.54. The number of thioether (sulfide) groups is 1. The normalized spacial score (nSPS) is 25.2. The number of hydrogen-bond donors (Lipinski definition) is 0. The third kappa shape index (κ3) is 5.20. The van der Waals surface area contributed by atoms with Gasteiger partial charge < -0.3 is 4.74 Å². The summed E-state index contributed by atoms with van der Waals surface area (Å²) in [6.07, 6.45) is 3.50. The average Bonchev–Trinajstić information content (AvgIpc) is 2.46. The number of halogens is 1. The Morgan fingerprint density at radius 2 is 2.00 bits per heavy atom. The van der Waals surface area contributed by atoms with Crippen molar-refractivity contribution < 1.29 is 9.53 Å². The van der Waals surface area contributed by atoms with Crippen LogP contribution < -0.4 is 0 Å². The van der Waals surface area contributed by atoms with E-state index in [0.717, 1.165) is 11.3 Å². The summed E-state index contributed by atoms with van der Waals surface area (Å²) in [5.74, 6) is 1.97. The van der Waals surface area contributed by atoms with Crippen LogP contribution in [0.5, 0.6) is 0 Å². The van der Waals surface area contributed by atoms with Crippen LogP contribution in [0.25, 0.3) is 0 Å². The molecule has 0 saturated heterocycles. The molecule has 0 heterocycles. The van der Waals surface area contributed by atoms with Crippen molar-refractivity contribution in [1.82, 2.24) is 0 Å². The molecule has 0 bridgehead atoms.